The van der Waals surface area contributed by atoms with Crippen molar-refractivity contribution in [1.82, 2.24) is 10.2 Å². The monoisotopic (exact) mass is 302 g/mol. The van der Waals surface area contributed by atoms with Crippen LogP contribution < -0.4 is 5.32 Å². The molecule has 2 N–H and O–H groups in total. The summed E-state index contributed by atoms with van der Waals surface area (Å²) in [5.41, 5.74) is 0. The third-order valence-electron chi connectivity index (χ3n) is 3.65. The van der Waals surface area contributed by atoms with E-state index in [1.807, 2.05) is 18.7 Å². The van der Waals surface area contributed by atoms with Crippen LogP contribution >= 0.6 is 0 Å². The van der Waals surface area contributed by atoms with Crippen LogP contribution in [0.4, 0.5) is 0 Å². The molecule has 1 saturated heterocycles. The number of ether oxygens (including phenoxy) is 2. The summed E-state index contributed by atoms with van der Waals surface area (Å²) in [6, 6.07) is 0. The first-order valence-corrected chi connectivity index (χ1v) is 8.03. The predicted molar refractivity (Wildman–Crippen MR) is 81.2 cm³/mol. The Morgan fingerprint density at radius 3 is 2.86 bits per heavy atom. The number of carbonyl (C=O) groups is 1. The molecule has 0 spiro atoms. The SMILES string of the molecule is CCN(CC)C(=O)CCNCC(O)COCC1CCCO1. The minimum absolute atomic E-state index is 0.150. The van der Waals surface area contributed by atoms with Crippen molar-refractivity contribution in [3.05, 3.63) is 0 Å². The van der Waals surface area contributed by atoms with Crippen LogP contribution in [0.1, 0.15) is 33.1 Å². The Morgan fingerprint density at radius 2 is 2.24 bits per heavy atom. The van der Waals surface area contributed by atoms with E-state index in [4.69, 9.17) is 9.47 Å². The molecule has 6 heteroatoms. The maximum Gasteiger partial charge on any atom is 0.223 e. The van der Waals surface area contributed by atoms with E-state index in [0.717, 1.165) is 32.5 Å². The smallest absolute Gasteiger partial charge is 0.223 e. The zero-order chi connectivity index (χ0) is 15.5. The molecule has 0 aromatic heterocycles. The highest BCUT2D eigenvalue weighted by Gasteiger charge is 2.16. The summed E-state index contributed by atoms with van der Waals surface area (Å²) in [6.07, 6.45) is 2.25. The quantitative estimate of drug-likeness (QED) is 0.540. The van der Waals surface area contributed by atoms with Crippen molar-refractivity contribution in [2.45, 2.75) is 45.3 Å². The number of nitrogens with one attached hydrogen (secondary N) is 1. The highest BCUT2D eigenvalue weighted by molar-refractivity contribution is 5.76. The molecule has 2 unspecified atom stereocenters. The van der Waals surface area contributed by atoms with Crippen molar-refractivity contribution in [2.75, 3.05) is 46.0 Å². The molecular weight excluding hydrogens is 272 g/mol. The Morgan fingerprint density at radius 1 is 1.48 bits per heavy atom. The molecule has 0 saturated carbocycles. The molecule has 1 rings (SSSR count). The summed E-state index contributed by atoms with van der Waals surface area (Å²) in [5.74, 6) is 0.150. The first kappa shape index (κ1) is 18.4. The van der Waals surface area contributed by atoms with Crippen LogP contribution in [0.2, 0.25) is 0 Å². The molecule has 1 aliphatic heterocycles. The van der Waals surface area contributed by atoms with E-state index in [-0.39, 0.29) is 12.0 Å². The standard InChI is InChI=1S/C15H30N2O4/c1-3-17(4-2)15(19)7-8-16-10-13(18)11-20-12-14-6-5-9-21-14/h13-14,16,18H,3-12H2,1-2H3. The molecule has 2 atom stereocenters. The number of hydrogen-bond acceptors (Lipinski definition) is 5. The van der Waals surface area contributed by atoms with Crippen LogP contribution in [0.5, 0.6) is 0 Å². The molecule has 0 aromatic rings. The Bertz CT molecular complexity index is 279. The van der Waals surface area contributed by atoms with E-state index in [0.29, 0.717) is 32.7 Å². The number of aliphatic hydroxyl groups excluding tert-OH is 1. The lowest BCUT2D eigenvalue weighted by atomic mass is 10.2. The Labute approximate surface area is 127 Å². The summed E-state index contributed by atoms with van der Waals surface area (Å²) in [6.45, 7) is 8.14. The van der Waals surface area contributed by atoms with Gasteiger partial charge in [-0.15, -0.1) is 0 Å². The van der Waals surface area contributed by atoms with Gasteiger partial charge in [0.25, 0.3) is 0 Å². The number of amides is 1. The van der Waals surface area contributed by atoms with Gasteiger partial charge in [-0.05, 0) is 26.7 Å². The maximum atomic E-state index is 11.8. The molecule has 0 aliphatic carbocycles. The molecule has 1 fully saturated rings. The van der Waals surface area contributed by atoms with Gasteiger partial charge in [-0.1, -0.05) is 0 Å². The zero-order valence-electron chi connectivity index (χ0n) is 13.3. The van der Waals surface area contributed by atoms with Crippen molar-refractivity contribution in [3.8, 4) is 0 Å². The predicted octanol–water partition coefficient (Wildman–Crippen LogP) is 0.391. The molecule has 0 aromatic carbocycles. The normalized spacial score (nSPS) is 19.7. The average Bonchev–Trinajstić information content (AvgIpc) is 2.98. The van der Waals surface area contributed by atoms with Gasteiger partial charge < -0.3 is 24.8 Å². The lowest BCUT2D eigenvalue weighted by Crippen LogP contribution is -2.36. The Hall–Kier alpha value is -0.690. The van der Waals surface area contributed by atoms with Crippen LogP contribution in [-0.4, -0.2) is 74.1 Å². The van der Waals surface area contributed by atoms with Crippen molar-refractivity contribution in [3.63, 3.8) is 0 Å². The van der Waals surface area contributed by atoms with Crippen molar-refractivity contribution in [1.29, 1.82) is 0 Å². The summed E-state index contributed by atoms with van der Waals surface area (Å²) < 4.78 is 10.9. The molecule has 1 aliphatic rings. The van der Waals surface area contributed by atoms with Crippen LogP contribution in [0.25, 0.3) is 0 Å². The Balaban J connectivity index is 1.97. The highest BCUT2D eigenvalue weighted by atomic mass is 16.5. The molecule has 1 heterocycles. The van der Waals surface area contributed by atoms with E-state index in [1.165, 1.54) is 0 Å². The summed E-state index contributed by atoms with van der Waals surface area (Å²) in [5, 5.41) is 12.9. The van der Waals surface area contributed by atoms with Gasteiger partial charge in [-0.2, -0.15) is 0 Å². The first-order valence-electron chi connectivity index (χ1n) is 8.03. The van der Waals surface area contributed by atoms with Crippen molar-refractivity contribution < 1.29 is 19.4 Å². The first-order chi connectivity index (χ1) is 10.2. The largest absolute Gasteiger partial charge is 0.389 e. The van der Waals surface area contributed by atoms with E-state index >= 15 is 0 Å². The van der Waals surface area contributed by atoms with Gasteiger partial charge in [0.2, 0.25) is 5.91 Å². The molecule has 21 heavy (non-hydrogen) atoms. The molecule has 0 radical (unpaired) electrons. The average molecular weight is 302 g/mol. The van der Waals surface area contributed by atoms with Crippen LogP contribution in [0.3, 0.4) is 0 Å². The maximum absolute atomic E-state index is 11.8. The summed E-state index contributed by atoms with van der Waals surface area (Å²) in [7, 11) is 0. The third-order valence-corrected chi connectivity index (χ3v) is 3.65. The van der Waals surface area contributed by atoms with Crippen LogP contribution in [0.15, 0.2) is 0 Å². The van der Waals surface area contributed by atoms with Gasteiger partial charge in [0.05, 0.1) is 25.4 Å². The van der Waals surface area contributed by atoms with Gasteiger partial charge in [-0.3, -0.25) is 4.79 Å². The van der Waals surface area contributed by atoms with E-state index in [2.05, 4.69) is 5.32 Å². The number of nitrogens with zero attached hydrogens (tertiary/aromatic N) is 1. The molecule has 6 nitrogen and oxygen atoms in total. The molecule has 1 amide bonds. The number of rotatable bonds is 11. The third kappa shape index (κ3) is 7.76. The minimum Gasteiger partial charge on any atom is -0.389 e. The fraction of sp³-hybridized carbons (Fsp3) is 0.933. The lowest BCUT2D eigenvalue weighted by Gasteiger charge is -2.19. The fourth-order valence-electron chi connectivity index (χ4n) is 2.37. The second kappa shape index (κ2) is 11.0. The number of hydrogen-bond donors (Lipinski definition) is 2. The second-order valence-electron chi connectivity index (χ2n) is 5.35. The molecular formula is C15H30N2O4. The zero-order valence-corrected chi connectivity index (χ0v) is 13.3. The molecule has 0 bridgehead atoms. The van der Waals surface area contributed by atoms with Gasteiger partial charge >= 0.3 is 0 Å². The van der Waals surface area contributed by atoms with Gasteiger partial charge in [-0.25, -0.2) is 0 Å². The molecule has 124 valence electrons. The lowest BCUT2D eigenvalue weighted by molar-refractivity contribution is -0.130. The van der Waals surface area contributed by atoms with Gasteiger partial charge in [0.15, 0.2) is 0 Å². The fourth-order valence-corrected chi connectivity index (χ4v) is 2.37. The highest BCUT2D eigenvalue weighted by Crippen LogP contribution is 2.11. The van der Waals surface area contributed by atoms with E-state index < -0.39 is 6.10 Å². The van der Waals surface area contributed by atoms with E-state index in [1.54, 1.807) is 0 Å². The van der Waals surface area contributed by atoms with E-state index in [9.17, 15) is 9.90 Å². The van der Waals surface area contributed by atoms with Gasteiger partial charge in [0, 0.05) is 39.2 Å². The van der Waals surface area contributed by atoms with Crippen LogP contribution in [-0.2, 0) is 14.3 Å². The van der Waals surface area contributed by atoms with Crippen molar-refractivity contribution >= 4 is 5.91 Å². The second-order valence-corrected chi connectivity index (χ2v) is 5.35. The summed E-state index contributed by atoms with van der Waals surface area (Å²) in [4.78, 5) is 13.6. The number of aliphatic hydroxyl groups is 1. The topological polar surface area (TPSA) is 71.0 Å². The minimum atomic E-state index is -0.546. The van der Waals surface area contributed by atoms with Gasteiger partial charge in [0.1, 0.15) is 0 Å². The Kier molecular flexibility index (Phi) is 9.58. The number of carbonyl (C=O) groups excluding carboxylic acids is 1. The summed E-state index contributed by atoms with van der Waals surface area (Å²) >= 11 is 0. The van der Waals surface area contributed by atoms with Crippen molar-refractivity contribution in [2.24, 2.45) is 0 Å². The van der Waals surface area contributed by atoms with Crippen LogP contribution in [0, 0.1) is 0 Å².